The lowest BCUT2D eigenvalue weighted by atomic mass is 9.97. The first-order chi connectivity index (χ1) is 26.2. The Morgan fingerprint density at radius 1 is 0.574 bits per heavy atom. The van der Waals surface area contributed by atoms with Crippen molar-refractivity contribution < 1.29 is 18.4 Å². The molecule has 4 aromatic heterocycles. The number of rotatable bonds is 8. The highest BCUT2D eigenvalue weighted by Gasteiger charge is 2.44. The molecule has 2 aromatic carbocycles. The third-order valence-corrected chi connectivity index (χ3v) is 10.5. The highest BCUT2D eigenvalue weighted by molar-refractivity contribution is 6.01. The molecule has 4 aliphatic rings. The molecule has 0 saturated heterocycles. The second kappa shape index (κ2) is 13.3. The first-order valence-corrected chi connectivity index (χ1v) is 18.1. The molecule has 4 heterocycles. The summed E-state index contributed by atoms with van der Waals surface area (Å²) in [6.45, 7) is 0. The number of carbonyl (C=O) groups excluding carboxylic acids is 2. The van der Waals surface area contributed by atoms with E-state index in [1.54, 1.807) is 36.9 Å². The molecule has 54 heavy (non-hydrogen) atoms. The van der Waals surface area contributed by atoms with Crippen molar-refractivity contribution in [3.8, 4) is 22.3 Å². The van der Waals surface area contributed by atoms with Crippen LogP contribution in [0.4, 0.5) is 31.8 Å². The van der Waals surface area contributed by atoms with Gasteiger partial charge in [-0.2, -0.15) is 20.4 Å². The maximum Gasteiger partial charge on any atom is 0.231 e. The van der Waals surface area contributed by atoms with Crippen molar-refractivity contribution in [3.63, 3.8) is 0 Å². The zero-order valence-corrected chi connectivity index (χ0v) is 29.0. The fraction of sp³-hybridized carbons (Fsp3) is 0.300. The quantitative estimate of drug-likeness (QED) is 0.120. The topological polar surface area (TPSA) is 188 Å². The zero-order chi connectivity index (χ0) is 37.1. The van der Waals surface area contributed by atoms with Crippen LogP contribution in [0.3, 0.4) is 0 Å². The Bertz CT molecular complexity index is 2300. The van der Waals surface area contributed by atoms with Gasteiger partial charge in [-0.05, 0) is 120 Å². The van der Waals surface area contributed by atoms with Gasteiger partial charge in [-0.15, -0.1) is 0 Å². The number of nitrogens with one attached hydrogen (secondary N) is 2. The number of pyridine rings is 2. The summed E-state index contributed by atoms with van der Waals surface area (Å²) in [4.78, 5) is 32.4. The van der Waals surface area contributed by atoms with E-state index in [-0.39, 0.29) is 24.7 Å². The second-order valence-electron chi connectivity index (χ2n) is 14.7. The summed E-state index contributed by atoms with van der Waals surface area (Å²) in [5, 5.41) is 24.8. The number of nitrogen functional groups attached to an aromatic ring is 2. The highest BCUT2D eigenvalue weighted by Crippen LogP contribution is 2.46. The number of hydrogen-bond acceptors (Lipinski definition) is 10. The van der Waals surface area contributed by atoms with E-state index in [0.29, 0.717) is 34.8 Å². The van der Waals surface area contributed by atoms with Crippen LogP contribution in [0.5, 0.6) is 0 Å². The number of halogens is 2. The van der Waals surface area contributed by atoms with Crippen molar-refractivity contribution in [1.82, 2.24) is 30.4 Å². The van der Waals surface area contributed by atoms with E-state index in [1.807, 2.05) is 36.7 Å². The molecule has 4 atom stereocenters. The van der Waals surface area contributed by atoms with Gasteiger partial charge in [0.15, 0.2) is 0 Å². The second-order valence-corrected chi connectivity index (χ2v) is 14.7. The third kappa shape index (κ3) is 6.86. The number of alkyl halides is 2. The number of amides is 2. The molecule has 6 N–H and O–H groups in total. The average molecular weight is 727 g/mol. The molecule has 10 rings (SSSR count). The van der Waals surface area contributed by atoms with E-state index >= 15 is 0 Å². The number of hydrogen-bond donors (Lipinski definition) is 4. The van der Waals surface area contributed by atoms with Gasteiger partial charge in [0, 0.05) is 45.7 Å². The van der Waals surface area contributed by atoms with Crippen molar-refractivity contribution in [2.75, 3.05) is 22.1 Å². The fourth-order valence-electron chi connectivity index (χ4n) is 6.91. The molecule has 6 aromatic rings. The predicted octanol–water partition coefficient (Wildman–Crippen LogP) is 6.90. The predicted molar refractivity (Wildman–Crippen MR) is 202 cm³/mol. The summed E-state index contributed by atoms with van der Waals surface area (Å²) in [5.41, 5.74) is 20.1. The van der Waals surface area contributed by atoms with Gasteiger partial charge >= 0.3 is 0 Å². The third-order valence-electron chi connectivity index (χ3n) is 10.5. The lowest BCUT2D eigenvalue weighted by Crippen LogP contribution is -2.15. The van der Waals surface area contributed by atoms with Crippen LogP contribution in [0.15, 0.2) is 73.6 Å². The van der Waals surface area contributed by atoms with Gasteiger partial charge in [0.25, 0.3) is 0 Å². The minimum absolute atomic E-state index is 0.287. The van der Waals surface area contributed by atoms with E-state index in [2.05, 4.69) is 41.0 Å². The van der Waals surface area contributed by atoms with Crippen LogP contribution in [0.2, 0.25) is 0 Å². The summed E-state index contributed by atoms with van der Waals surface area (Å²) < 4.78 is 26.1. The fourth-order valence-corrected chi connectivity index (χ4v) is 6.91. The SMILES string of the molecule is Nc1cc(-c2cnncc2C2CC2)cc2cc(NC(=O)[C@@H]3C[C@@H]3F)ncc12.Nc1cc(-c2cnncc2C2CC2)cc2cc(NC(=O)[C@H]3C[C@H]3F)ncc12. The monoisotopic (exact) mass is 726 g/mol. The molecule has 2 amide bonds. The van der Waals surface area contributed by atoms with E-state index in [9.17, 15) is 18.4 Å². The first-order valence-electron chi connectivity index (χ1n) is 18.1. The number of anilines is 4. The van der Waals surface area contributed by atoms with Gasteiger partial charge in [-0.3, -0.25) is 9.59 Å². The van der Waals surface area contributed by atoms with Gasteiger partial charge in [0.1, 0.15) is 24.0 Å². The van der Waals surface area contributed by atoms with Gasteiger partial charge in [-0.25, -0.2) is 18.7 Å². The number of benzene rings is 2. The lowest BCUT2D eigenvalue weighted by molar-refractivity contribution is -0.118. The Balaban J connectivity index is 0.000000142. The zero-order valence-electron chi connectivity index (χ0n) is 29.0. The van der Waals surface area contributed by atoms with Gasteiger partial charge in [0.05, 0.1) is 36.6 Å². The maximum atomic E-state index is 13.1. The lowest BCUT2D eigenvalue weighted by Gasteiger charge is -2.11. The summed E-state index contributed by atoms with van der Waals surface area (Å²) in [5.74, 6) is 0.113. The van der Waals surface area contributed by atoms with Crippen LogP contribution >= 0.6 is 0 Å². The smallest absolute Gasteiger partial charge is 0.231 e. The molecular weight excluding hydrogens is 691 g/mol. The normalized spacial score (nSPS) is 21.2. The van der Waals surface area contributed by atoms with Crippen molar-refractivity contribution in [2.45, 2.75) is 62.7 Å². The molecule has 4 saturated carbocycles. The van der Waals surface area contributed by atoms with E-state index in [1.165, 1.54) is 36.8 Å². The van der Waals surface area contributed by atoms with E-state index in [0.717, 1.165) is 43.8 Å². The number of nitrogens with two attached hydrogens (primary N) is 2. The van der Waals surface area contributed by atoms with Gasteiger partial charge in [0.2, 0.25) is 11.8 Å². The van der Waals surface area contributed by atoms with Crippen molar-refractivity contribution in [3.05, 3.63) is 84.7 Å². The highest BCUT2D eigenvalue weighted by atomic mass is 19.1. The molecular formula is C40H36F2N10O2. The van der Waals surface area contributed by atoms with E-state index < -0.39 is 24.2 Å². The minimum Gasteiger partial charge on any atom is -0.398 e. The van der Waals surface area contributed by atoms with Crippen LogP contribution in [0, 0.1) is 11.8 Å². The molecule has 0 radical (unpaired) electrons. The largest absolute Gasteiger partial charge is 0.398 e. The molecule has 4 aliphatic carbocycles. The van der Waals surface area contributed by atoms with Crippen molar-refractivity contribution >= 4 is 56.4 Å². The molecule has 12 nitrogen and oxygen atoms in total. The standard InChI is InChI=1S/2C20H18FN5O/c2*21-17-6-13(17)20(27)26-19-5-12-3-11(4-18(22)16(12)7-23-19)15-9-25-24-8-14(15)10-1-2-10/h2*3-5,7-10,13,17H,1-2,6,22H2,(H,23,26,27)/t2*13-,17+/m10/s1. The van der Waals surface area contributed by atoms with Crippen LogP contribution in [-0.4, -0.2) is 54.5 Å². The minimum atomic E-state index is -1.03. The summed E-state index contributed by atoms with van der Waals surface area (Å²) in [7, 11) is 0. The molecule has 272 valence electrons. The Morgan fingerprint density at radius 3 is 1.33 bits per heavy atom. The number of nitrogens with zero attached hydrogens (tertiary/aromatic N) is 6. The van der Waals surface area contributed by atoms with Crippen LogP contribution in [0.1, 0.15) is 61.5 Å². The first kappa shape index (κ1) is 33.6. The molecule has 0 unspecified atom stereocenters. The summed E-state index contributed by atoms with van der Waals surface area (Å²) in [6.07, 6.45) is 13.6. The Labute approximate surface area is 308 Å². The molecule has 4 fully saturated rings. The van der Waals surface area contributed by atoms with Crippen LogP contribution < -0.4 is 22.1 Å². The molecule has 0 spiro atoms. The van der Waals surface area contributed by atoms with Crippen molar-refractivity contribution in [2.24, 2.45) is 11.8 Å². The summed E-state index contributed by atoms with van der Waals surface area (Å²) in [6, 6.07) is 11.4. The molecule has 0 aliphatic heterocycles. The van der Waals surface area contributed by atoms with Crippen molar-refractivity contribution in [1.29, 1.82) is 0 Å². The van der Waals surface area contributed by atoms with Gasteiger partial charge < -0.3 is 22.1 Å². The summed E-state index contributed by atoms with van der Waals surface area (Å²) >= 11 is 0. The molecule has 0 bridgehead atoms. The Hall–Kier alpha value is -6.18. The van der Waals surface area contributed by atoms with E-state index in [4.69, 9.17) is 11.5 Å². The Morgan fingerprint density at radius 2 is 0.963 bits per heavy atom. The average Bonchev–Trinajstić information content (AvgIpc) is 3.96. The Kier molecular flexibility index (Phi) is 8.32. The van der Waals surface area contributed by atoms with Crippen LogP contribution in [0.25, 0.3) is 43.8 Å². The van der Waals surface area contributed by atoms with Crippen LogP contribution in [-0.2, 0) is 9.59 Å². The number of carbonyl (C=O) groups is 2. The number of fused-ring (bicyclic) bond motifs is 2. The maximum absolute atomic E-state index is 13.1. The molecule has 14 heteroatoms. The van der Waals surface area contributed by atoms with Gasteiger partial charge in [-0.1, -0.05) is 0 Å². The number of aromatic nitrogens is 6.